The van der Waals surface area contributed by atoms with Gasteiger partial charge in [0.1, 0.15) is 5.56 Å². The zero-order valence-corrected chi connectivity index (χ0v) is 9.48. The molecule has 2 atom stereocenters. The van der Waals surface area contributed by atoms with E-state index in [4.69, 9.17) is 17.3 Å². The summed E-state index contributed by atoms with van der Waals surface area (Å²) in [6.45, 7) is 0. The van der Waals surface area contributed by atoms with E-state index in [9.17, 15) is 14.9 Å². The number of benzene rings is 1. The molecule has 6 nitrogen and oxygen atoms in total. The van der Waals surface area contributed by atoms with E-state index < -0.39 is 10.8 Å². The third-order valence-corrected chi connectivity index (χ3v) is 2.89. The second kappa shape index (κ2) is 4.31. The molecule has 1 aliphatic carbocycles. The topological polar surface area (TPSA) is 98.3 Å². The Bertz CT molecular complexity index is 492. The van der Waals surface area contributed by atoms with Gasteiger partial charge >= 0.3 is 0 Å². The maximum Gasteiger partial charge on any atom is 0.283 e. The molecule has 1 amide bonds. The molecule has 0 bridgehead atoms. The fourth-order valence-electron chi connectivity index (χ4n) is 1.51. The number of carbonyl (C=O) groups is 1. The Labute approximate surface area is 102 Å². The van der Waals surface area contributed by atoms with E-state index in [0.29, 0.717) is 6.42 Å². The minimum atomic E-state index is -0.631. The zero-order chi connectivity index (χ0) is 12.6. The quantitative estimate of drug-likeness (QED) is 0.624. The van der Waals surface area contributed by atoms with Crippen LogP contribution < -0.4 is 11.1 Å². The lowest BCUT2D eigenvalue weighted by atomic mass is 10.1. The van der Waals surface area contributed by atoms with Crippen LogP contribution in [-0.2, 0) is 0 Å². The minimum Gasteiger partial charge on any atom is -0.347 e. The maximum absolute atomic E-state index is 11.8. The highest BCUT2D eigenvalue weighted by Crippen LogP contribution is 2.27. The molecule has 7 heteroatoms. The summed E-state index contributed by atoms with van der Waals surface area (Å²) in [4.78, 5) is 22.0. The molecule has 1 aromatic carbocycles. The number of nitrogens with zero attached hydrogens (tertiary/aromatic N) is 1. The Morgan fingerprint density at radius 2 is 2.24 bits per heavy atom. The van der Waals surface area contributed by atoms with Crippen LogP contribution in [0, 0.1) is 10.1 Å². The van der Waals surface area contributed by atoms with Crippen molar-refractivity contribution in [2.24, 2.45) is 5.73 Å². The molecule has 2 unspecified atom stereocenters. The highest BCUT2D eigenvalue weighted by atomic mass is 35.5. The number of hydrogen-bond donors (Lipinski definition) is 2. The molecule has 1 saturated carbocycles. The standard InChI is InChI=1S/C10H10ClN3O3/c11-5-2-1-3-8(14(16)17)9(5)10(15)13-7-4-6(7)12/h1-3,6-7H,4,12H2,(H,13,15). The van der Waals surface area contributed by atoms with Gasteiger partial charge in [0.25, 0.3) is 11.6 Å². The minimum absolute atomic E-state index is 0.0610. The third-order valence-electron chi connectivity index (χ3n) is 2.57. The van der Waals surface area contributed by atoms with Crippen molar-refractivity contribution in [3.8, 4) is 0 Å². The summed E-state index contributed by atoms with van der Waals surface area (Å²) >= 11 is 5.81. The van der Waals surface area contributed by atoms with E-state index in [0.717, 1.165) is 0 Å². The van der Waals surface area contributed by atoms with Crippen LogP contribution in [0.4, 0.5) is 5.69 Å². The van der Waals surface area contributed by atoms with Crippen LogP contribution in [0.1, 0.15) is 16.8 Å². The summed E-state index contributed by atoms with van der Waals surface area (Å²) in [5.41, 5.74) is 5.13. The number of hydrogen-bond acceptors (Lipinski definition) is 4. The highest BCUT2D eigenvalue weighted by molar-refractivity contribution is 6.34. The van der Waals surface area contributed by atoms with Crippen molar-refractivity contribution >= 4 is 23.2 Å². The fourth-order valence-corrected chi connectivity index (χ4v) is 1.77. The van der Waals surface area contributed by atoms with Gasteiger partial charge < -0.3 is 11.1 Å². The lowest BCUT2D eigenvalue weighted by Crippen LogP contribution is -2.30. The molecule has 0 aromatic heterocycles. The predicted octanol–water partition coefficient (Wildman–Crippen LogP) is 1.08. The molecule has 2 rings (SSSR count). The van der Waals surface area contributed by atoms with Gasteiger partial charge in [0.2, 0.25) is 0 Å². The summed E-state index contributed by atoms with van der Waals surface area (Å²) in [5, 5.41) is 13.5. The summed E-state index contributed by atoms with van der Waals surface area (Å²) < 4.78 is 0. The average Bonchev–Trinajstić information content (AvgIpc) is 2.93. The van der Waals surface area contributed by atoms with Gasteiger partial charge in [-0.25, -0.2) is 0 Å². The SMILES string of the molecule is NC1CC1NC(=O)c1c(Cl)cccc1[N+](=O)[O-]. The predicted molar refractivity (Wildman–Crippen MR) is 62.0 cm³/mol. The highest BCUT2D eigenvalue weighted by Gasteiger charge is 2.36. The Morgan fingerprint density at radius 1 is 1.59 bits per heavy atom. The molecule has 0 spiro atoms. The number of halogens is 1. The van der Waals surface area contributed by atoms with Gasteiger partial charge in [-0.05, 0) is 12.5 Å². The number of nitro groups is 1. The Morgan fingerprint density at radius 3 is 2.76 bits per heavy atom. The van der Waals surface area contributed by atoms with Crippen molar-refractivity contribution in [1.29, 1.82) is 0 Å². The fraction of sp³-hybridized carbons (Fsp3) is 0.300. The lowest BCUT2D eigenvalue weighted by Gasteiger charge is -2.06. The van der Waals surface area contributed by atoms with Crippen molar-refractivity contribution < 1.29 is 9.72 Å². The molecule has 0 aliphatic heterocycles. The molecular weight excluding hydrogens is 246 g/mol. The number of nitro benzene ring substituents is 1. The van der Waals surface area contributed by atoms with Gasteiger partial charge in [-0.2, -0.15) is 0 Å². The summed E-state index contributed by atoms with van der Waals surface area (Å²) in [6, 6.07) is 3.93. The van der Waals surface area contributed by atoms with Crippen LogP contribution >= 0.6 is 11.6 Å². The molecule has 1 fully saturated rings. The molecule has 1 aliphatic rings. The Hall–Kier alpha value is -1.66. The first-order valence-electron chi connectivity index (χ1n) is 5.00. The smallest absolute Gasteiger partial charge is 0.283 e. The van der Waals surface area contributed by atoms with E-state index in [1.165, 1.54) is 18.2 Å². The number of carbonyl (C=O) groups excluding carboxylic acids is 1. The van der Waals surface area contributed by atoms with Gasteiger partial charge in [0, 0.05) is 18.2 Å². The molecular formula is C10H10ClN3O3. The second-order valence-electron chi connectivity index (χ2n) is 3.87. The van der Waals surface area contributed by atoms with Crippen molar-refractivity contribution in [1.82, 2.24) is 5.32 Å². The molecule has 90 valence electrons. The van der Waals surface area contributed by atoms with E-state index in [1.54, 1.807) is 0 Å². The van der Waals surface area contributed by atoms with Gasteiger partial charge in [0.05, 0.1) is 9.95 Å². The number of nitrogens with two attached hydrogens (primary N) is 1. The van der Waals surface area contributed by atoms with E-state index in [2.05, 4.69) is 5.32 Å². The third kappa shape index (κ3) is 2.37. The van der Waals surface area contributed by atoms with Gasteiger partial charge in [0.15, 0.2) is 0 Å². The van der Waals surface area contributed by atoms with Crippen LogP contribution in [0.2, 0.25) is 5.02 Å². The van der Waals surface area contributed by atoms with Crippen molar-refractivity contribution in [2.75, 3.05) is 0 Å². The van der Waals surface area contributed by atoms with Crippen molar-refractivity contribution in [3.63, 3.8) is 0 Å². The molecule has 3 N–H and O–H groups in total. The van der Waals surface area contributed by atoms with E-state index in [-0.39, 0.29) is 28.4 Å². The van der Waals surface area contributed by atoms with Gasteiger partial charge in [-0.3, -0.25) is 14.9 Å². The summed E-state index contributed by atoms with van der Waals surface area (Å²) in [7, 11) is 0. The van der Waals surface area contributed by atoms with Gasteiger partial charge in [-0.15, -0.1) is 0 Å². The number of nitrogens with one attached hydrogen (secondary N) is 1. The molecule has 0 heterocycles. The first-order chi connectivity index (χ1) is 8.00. The average molecular weight is 256 g/mol. The number of rotatable bonds is 3. The van der Waals surface area contributed by atoms with Crippen molar-refractivity contribution in [3.05, 3.63) is 38.9 Å². The monoisotopic (exact) mass is 255 g/mol. The summed E-state index contributed by atoms with van der Waals surface area (Å²) in [5.74, 6) is -0.555. The Kier molecular flexibility index (Phi) is 2.99. The van der Waals surface area contributed by atoms with E-state index in [1.807, 2.05) is 0 Å². The van der Waals surface area contributed by atoms with Gasteiger partial charge in [-0.1, -0.05) is 17.7 Å². The molecule has 17 heavy (non-hydrogen) atoms. The lowest BCUT2D eigenvalue weighted by molar-refractivity contribution is -0.385. The van der Waals surface area contributed by atoms with Crippen LogP contribution in [0.15, 0.2) is 18.2 Å². The summed E-state index contributed by atoms with van der Waals surface area (Å²) in [6.07, 6.45) is 0.685. The van der Waals surface area contributed by atoms with Crippen LogP contribution in [0.5, 0.6) is 0 Å². The number of amides is 1. The largest absolute Gasteiger partial charge is 0.347 e. The molecule has 0 saturated heterocycles. The van der Waals surface area contributed by atoms with Crippen molar-refractivity contribution in [2.45, 2.75) is 18.5 Å². The Balaban J connectivity index is 2.29. The van der Waals surface area contributed by atoms with Crippen LogP contribution in [-0.4, -0.2) is 22.9 Å². The first kappa shape index (κ1) is 11.8. The van der Waals surface area contributed by atoms with Crippen LogP contribution in [0.25, 0.3) is 0 Å². The second-order valence-corrected chi connectivity index (χ2v) is 4.28. The van der Waals surface area contributed by atoms with Crippen LogP contribution in [0.3, 0.4) is 0 Å². The molecule has 0 radical (unpaired) electrons. The normalized spacial score (nSPS) is 22.0. The molecule has 1 aromatic rings. The first-order valence-corrected chi connectivity index (χ1v) is 5.38. The van der Waals surface area contributed by atoms with E-state index >= 15 is 0 Å². The maximum atomic E-state index is 11.8. The zero-order valence-electron chi connectivity index (χ0n) is 8.72.